The number of pyridine rings is 1. The third-order valence-corrected chi connectivity index (χ3v) is 2.68. The van der Waals surface area contributed by atoms with Crippen molar-refractivity contribution >= 4 is 5.91 Å². The highest BCUT2D eigenvalue weighted by Crippen LogP contribution is 2.27. The lowest BCUT2D eigenvalue weighted by Gasteiger charge is -2.12. The third kappa shape index (κ3) is 3.14. The maximum atomic E-state index is 12.3. The molecule has 0 aromatic carbocycles. The molecule has 2 heterocycles. The Morgan fingerprint density at radius 3 is 2.60 bits per heavy atom. The molecule has 8 heteroatoms. The van der Waals surface area contributed by atoms with E-state index in [1.165, 1.54) is 0 Å². The minimum Gasteiger partial charge on any atom is -0.345 e. The first-order valence-corrected chi connectivity index (χ1v) is 5.70. The van der Waals surface area contributed by atoms with Gasteiger partial charge in [0.15, 0.2) is 0 Å². The summed E-state index contributed by atoms with van der Waals surface area (Å²) in [5.41, 5.74) is -0.205. The number of H-pyrrole nitrogens is 1. The zero-order valence-electron chi connectivity index (χ0n) is 10.4. The lowest BCUT2D eigenvalue weighted by Crippen LogP contribution is -2.26. The molecule has 5 nitrogen and oxygen atoms in total. The van der Waals surface area contributed by atoms with Crippen molar-refractivity contribution in [1.29, 1.82) is 0 Å². The highest BCUT2D eigenvalue weighted by molar-refractivity contribution is 5.94. The van der Waals surface area contributed by atoms with Gasteiger partial charge in [0.25, 0.3) is 5.91 Å². The van der Waals surface area contributed by atoms with Crippen molar-refractivity contribution in [2.45, 2.75) is 19.1 Å². The first kappa shape index (κ1) is 14.0. The van der Waals surface area contributed by atoms with Crippen LogP contribution in [0.25, 0.3) is 0 Å². The van der Waals surface area contributed by atoms with Gasteiger partial charge in [-0.05, 0) is 19.1 Å². The summed E-state index contributed by atoms with van der Waals surface area (Å²) < 4.78 is 37.0. The van der Waals surface area contributed by atoms with Crippen molar-refractivity contribution in [3.8, 4) is 0 Å². The predicted molar refractivity (Wildman–Crippen MR) is 63.7 cm³/mol. The van der Waals surface area contributed by atoms with Crippen molar-refractivity contribution in [3.63, 3.8) is 0 Å². The number of aromatic nitrogens is 3. The van der Waals surface area contributed by atoms with Crippen molar-refractivity contribution in [3.05, 3.63) is 47.5 Å². The minimum absolute atomic E-state index is 0.0633. The van der Waals surface area contributed by atoms with Gasteiger partial charge in [0.2, 0.25) is 0 Å². The molecule has 2 aromatic heterocycles. The average molecular weight is 284 g/mol. The highest BCUT2D eigenvalue weighted by atomic mass is 19.4. The Balaban J connectivity index is 2.06. The van der Waals surface area contributed by atoms with Crippen LogP contribution in [0.15, 0.2) is 30.7 Å². The maximum absolute atomic E-state index is 12.3. The summed E-state index contributed by atoms with van der Waals surface area (Å²) in [5.74, 6) is -0.500. The number of hydrogen-bond acceptors (Lipinski definition) is 3. The number of aromatic amines is 1. The first-order chi connectivity index (χ1) is 9.38. The summed E-state index contributed by atoms with van der Waals surface area (Å²) in [6.45, 7) is 1.74. The number of amides is 1. The van der Waals surface area contributed by atoms with Crippen molar-refractivity contribution in [2.75, 3.05) is 0 Å². The second-order valence-corrected chi connectivity index (χ2v) is 4.16. The number of nitrogens with zero attached hydrogens (tertiary/aromatic N) is 2. The SMILES string of the molecule is CC(NC(=O)c1ccc(C(F)(F)F)nc1)c1cn[nH]c1. The zero-order chi connectivity index (χ0) is 14.8. The molecule has 0 bridgehead atoms. The van der Waals surface area contributed by atoms with E-state index in [1.54, 1.807) is 19.3 Å². The lowest BCUT2D eigenvalue weighted by atomic mass is 10.1. The first-order valence-electron chi connectivity index (χ1n) is 5.70. The van der Waals surface area contributed by atoms with Gasteiger partial charge < -0.3 is 5.32 Å². The summed E-state index contributed by atoms with van der Waals surface area (Å²) in [7, 11) is 0. The number of alkyl halides is 3. The molecule has 1 amide bonds. The molecule has 0 aliphatic carbocycles. The van der Waals surface area contributed by atoms with E-state index in [9.17, 15) is 18.0 Å². The topological polar surface area (TPSA) is 70.7 Å². The largest absolute Gasteiger partial charge is 0.433 e. The summed E-state index contributed by atoms with van der Waals surface area (Å²) in [6.07, 6.45) is -0.439. The van der Waals surface area contributed by atoms with Crippen LogP contribution in [0.2, 0.25) is 0 Å². The van der Waals surface area contributed by atoms with E-state index in [2.05, 4.69) is 20.5 Å². The van der Waals surface area contributed by atoms with Gasteiger partial charge in [0, 0.05) is 18.0 Å². The fourth-order valence-electron chi connectivity index (χ4n) is 1.56. The van der Waals surface area contributed by atoms with E-state index in [0.717, 1.165) is 23.9 Å². The molecule has 2 aromatic rings. The van der Waals surface area contributed by atoms with E-state index < -0.39 is 17.8 Å². The summed E-state index contributed by atoms with van der Waals surface area (Å²) in [6, 6.07) is 1.55. The Hall–Kier alpha value is -2.38. The quantitative estimate of drug-likeness (QED) is 0.908. The monoisotopic (exact) mass is 284 g/mol. The number of carbonyl (C=O) groups is 1. The van der Waals surface area contributed by atoms with Crippen LogP contribution in [0.4, 0.5) is 13.2 Å². The summed E-state index contributed by atoms with van der Waals surface area (Å²) >= 11 is 0. The molecule has 0 fully saturated rings. The number of carbonyl (C=O) groups excluding carboxylic acids is 1. The summed E-state index contributed by atoms with van der Waals surface area (Å²) in [4.78, 5) is 15.1. The smallest absolute Gasteiger partial charge is 0.345 e. The molecule has 0 spiro atoms. The molecule has 2 N–H and O–H groups in total. The minimum atomic E-state index is -4.51. The Bertz CT molecular complexity index is 578. The van der Waals surface area contributed by atoms with Crippen LogP contribution in [-0.2, 0) is 6.18 Å². The molecular weight excluding hydrogens is 273 g/mol. The average Bonchev–Trinajstić information content (AvgIpc) is 2.91. The highest BCUT2D eigenvalue weighted by Gasteiger charge is 2.32. The molecule has 20 heavy (non-hydrogen) atoms. The van der Waals surface area contributed by atoms with E-state index in [1.807, 2.05) is 0 Å². The van der Waals surface area contributed by atoms with Gasteiger partial charge in [0.1, 0.15) is 5.69 Å². The van der Waals surface area contributed by atoms with Crippen LogP contribution in [0, 0.1) is 0 Å². The second kappa shape index (κ2) is 5.32. The number of hydrogen-bond donors (Lipinski definition) is 2. The van der Waals surface area contributed by atoms with Crippen LogP contribution in [0.3, 0.4) is 0 Å². The van der Waals surface area contributed by atoms with Gasteiger partial charge >= 0.3 is 6.18 Å². The molecule has 0 saturated heterocycles. The standard InChI is InChI=1S/C12H11F3N4O/c1-7(9-5-17-18-6-9)19-11(20)8-2-3-10(16-4-8)12(13,14)15/h2-7H,1H3,(H,17,18)(H,19,20). The molecule has 106 valence electrons. The Morgan fingerprint density at radius 2 is 2.10 bits per heavy atom. The van der Waals surface area contributed by atoms with E-state index in [0.29, 0.717) is 0 Å². The van der Waals surface area contributed by atoms with Crippen LogP contribution >= 0.6 is 0 Å². The van der Waals surface area contributed by atoms with Gasteiger partial charge in [-0.2, -0.15) is 18.3 Å². The second-order valence-electron chi connectivity index (χ2n) is 4.16. The van der Waals surface area contributed by atoms with Gasteiger partial charge in [-0.3, -0.25) is 14.9 Å². The predicted octanol–water partition coefficient (Wildman–Crippen LogP) is 2.31. The zero-order valence-corrected chi connectivity index (χ0v) is 10.4. The molecule has 0 radical (unpaired) electrons. The molecule has 0 saturated carbocycles. The third-order valence-electron chi connectivity index (χ3n) is 2.68. The Morgan fingerprint density at radius 1 is 1.35 bits per heavy atom. The van der Waals surface area contributed by atoms with Gasteiger partial charge in [-0.1, -0.05) is 0 Å². The molecule has 1 unspecified atom stereocenters. The molecule has 2 rings (SSSR count). The maximum Gasteiger partial charge on any atom is 0.433 e. The Kier molecular flexibility index (Phi) is 3.73. The number of nitrogens with one attached hydrogen (secondary N) is 2. The van der Waals surface area contributed by atoms with Crippen molar-refractivity contribution < 1.29 is 18.0 Å². The van der Waals surface area contributed by atoms with E-state index in [-0.39, 0.29) is 11.6 Å². The van der Waals surface area contributed by atoms with Crippen molar-refractivity contribution in [1.82, 2.24) is 20.5 Å². The van der Waals surface area contributed by atoms with Crippen molar-refractivity contribution in [2.24, 2.45) is 0 Å². The molecule has 1 atom stereocenters. The Labute approximate surface area is 112 Å². The van der Waals surface area contributed by atoms with E-state index in [4.69, 9.17) is 0 Å². The van der Waals surface area contributed by atoms with Crippen LogP contribution in [0.5, 0.6) is 0 Å². The normalized spacial score (nSPS) is 13.0. The van der Waals surface area contributed by atoms with Gasteiger partial charge in [0.05, 0.1) is 17.8 Å². The molecular formula is C12H11F3N4O. The van der Waals surface area contributed by atoms with Crippen LogP contribution < -0.4 is 5.32 Å². The number of rotatable bonds is 3. The number of halogens is 3. The fourth-order valence-corrected chi connectivity index (χ4v) is 1.56. The lowest BCUT2D eigenvalue weighted by molar-refractivity contribution is -0.141. The van der Waals surface area contributed by atoms with Crippen LogP contribution in [0.1, 0.15) is 34.6 Å². The van der Waals surface area contributed by atoms with E-state index >= 15 is 0 Å². The van der Waals surface area contributed by atoms with Gasteiger partial charge in [-0.15, -0.1) is 0 Å². The summed E-state index contributed by atoms with van der Waals surface area (Å²) in [5, 5.41) is 8.99. The van der Waals surface area contributed by atoms with Gasteiger partial charge in [-0.25, -0.2) is 0 Å². The molecule has 0 aliphatic heterocycles. The van der Waals surface area contributed by atoms with Crippen LogP contribution in [-0.4, -0.2) is 21.1 Å². The fraction of sp³-hybridized carbons (Fsp3) is 0.250. The molecule has 0 aliphatic rings.